The van der Waals surface area contributed by atoms with Crippen molar-refractivity contribution in [3.05, 3.63) is 51.7 Å². The average molecular weight is 288 g/mol. The molecule has 0 saturated heterocycles. The van der Waals surface area contributed by atoms with Gasteiger partial charge in [-0.3, -0.25) is 4.79 Å². The van der Waals surface area contributed by atoms with E-state index in [-0.39, 0.29) is 11.9 Å². The van der Waals surface area contributed by atoms with E-state index in [1.165, 1.54) is 0 Å². The maximum absolute atomic E-state index is 12.2. The van der Waals surface area contributed by atoms with Crippen LogP contribution in [0.5, 0.6) is 0 Å². The zero-order valence-corrected chi connectivity index (χ0v) is 12.9. The number of anilines is 1. The van der Waals surface area contributed by atoms with E-state index in [9.17, 15) is 4.79 Å². The fourth-order valence-electron chi connectivity index (χ4n) is 2.08. The Morgan fingerprint density at radius 2 is 2.15 bits per heavy atom. The summed E-state index contributed by atoms with van der Waals surface area (Å²) in [5, 5.41) is 10.4. The second kappa shape index (κ2) is 6.57. The van der Waals surface area contributed by atoms with Gasteiger partial charge in [0.15, 0.2) is 0 Å². The third-order valence-corrected chi connectivity index (χ3v) is 3.95. The van der Waals surface area contributed by atoms with Crippen molar-refractivity contribution in [2.75, 3.05) is 11.9 Å². The van der Waals surface area contributed by atoms with Gasteiger partial charge in [-0.1, -0.05) is 0 Å². The van der Waals surface area contributed by atoms with E-state index in [1.807, 2.05) is 43.5 Å². The third-order valence-electron chi connectivity index (χ3n) is 3.25. The Labute approximate surface area is 124 Å². The smallest absolute Gasteiger partial charge is 0.251 e. The molecule has 2 rings (SSSR count). The quantitative estimate of drug-likeness (QED) is 0.873. The lowest BCUT2D eigenvalue weighted by atomic mass is 10.1. The Balaban J connectivity index is 2.07. The van der Waals surface area contributed by atoms with Crippen LogP contribution in [-0.4, -0.2) is 12.5 Å². The van der Waals surface area contributed by atoms with E-state index >= 15 is 0 Å². The highest BCUT2D eigenvalue weighted by atomic mass is 32.1. The van der Waals surface area contributed by atoms with E-state index in [2.05, 4.69) is 22.9 Å². The van der Waals surface area contributed by atoms with Crippen LogP contribution in [0, 0.1) is 6.92 Å². The first-order valence-corrected chi connectivity index (χ1v) is 7.73. The van der Waals surface area contributed by atoms with Crippen LogP contribution in [-0.2, 0) is 0 Å². The average Bonchev–Trinajstić information content (AvgIpc) is 2.95. The number of carbonyl (C=O) groups excluding carboxylic acids is 1. The first-order valence-electron chi connectivity index (χ1n) is 6.79. The molecule has 0 saturated carbocycles. The van der Waals surface area contributed by atoms with Crippen molar-refractivity contribution in [2.45, 2.75) is 26.8 Å². The number of benzene rings is 1. The van der Waals surface area contributed by atoms with Crippen LogP contribution >= 0.6 is 11.3 Å². The standard InChI is InChI=1S/C16H20N2OS/c1-4-17-15-6-5-13(9-11(15)2)16(19)18-12(3)14-7-8-20-10-14/h5-10,12,17H,4H2,1-3H3,(H,18,19). The minimum atomic E-state index is -0.0325. The molecule has 3 nitrogen and oxygen atoms in total. The summed E-state index contributed by atoms with van der Waals surface area (Å²) >= 11 is 1.64. The lowest BCUT2D eigenvalue weighted by Crippen LogP contribution is -2.26. The van der Waals surface area contributed by atoms with Crippen LogP contribution in [0.25, 0.3) is 0 Å². The molecule has 20 heavy (non-hydrogen) atoms. The van der Waals surface area contributed by atoms with Gasteiger partial charge in [-0.05, 0) is 66.9 Å². The Morgan fingerprint density at radius 3 is 2.75 bits per heavy atom. The number of hydrogen-bond donors (Lipinski definition) is 2. The Kier molecular flexibility index (Phi) is 4.79. The van der Waals surface area contributed by atoms with Crippen molar-refractivity contribution >= 4 is 22.9 Å². The molecule has 4 heteroatoms. The second-order valence-corrected chi connectivity index (χ2v) is 5.59. The number of hydrogen-bond acceptors (Lipinski definition) is 3. The molecule has 0 aliphatic heterocycles. The van der Waals surface area contributed by atoms with E-state index < -0.39 is 0 Å². The largest absolute Gasteiger partial charge is 0.385 e. The molecule has 2 aromatic rings. The van der Waals surface area contributed by atoms with Crippen molar-refractivity contribution in [3.8, 4) is 0 Å². The molecule has 1 unspecified atom stereocenters. The van der Waals surface area contributed by atoms with Crippen molar-refractivity contribution in [1.82, 2.24) is 5.32 Å². The van der Waals surface area contributed by atoms with Gasteiger partial charge in [0.2, 0.25) is 0 Å². The molecular formula is C16H20N2OS. The van der Waals surface area contributed by atoms with Crippen LogP contribution in [0.4, 0.5) is 5.69 Å². The van der Waals surface area contributed by atoms with Crippen LogP contribution in [0.2, 0.25) is 0 Å². The number of rotatable bonds is 5. The summed E-state index contributed by atoms with van der Waals surface area (Å²) in [6.07, 6.45) is 0. The molecule has 1 aromatic heterocycles. The first-order chi connectivity index (χ1) is 9.61. The number of carbonyl (C=O) groups is 1. The predicted molar refractivity (Wildman–Crippen MR) is 85.5 cm³/mol. The summed E-state index contributed by atoms with van der Waals surface area (Å²) in [6.45, 7) is 6.95. The van der Waals surface area contributed by atoms with Gasteiger partial charge in [0.25, 0.3) is 5.91 Å². The highest BCUT2D eigenvalue weighted by Crippen LogP contribution is 2.19. The monoisotopic (exact) mass is 288 g/mol. The molecule has 0 fully saturated rings. The number of thiophene rings is 1. The molecule has 0 aliphatic carbocycles. The maximum Gasteiger partial charge on any atom is 0.251 e. The Morgan fingerprint density at radius 1 is 1.35 bits per heavy atom. The van der Waals surface area contributed by atoms with E-state index in [0.717, 1.165) is 23.4 Å². The predicted octanol–water partition coefficient (Wildman–Crippen LogP) is 3.98. The Hall–Kier alpha value is -1.81. The molecule has 2 N–H and O–H groups in total. The van der Waals surface area contributed by atoms with Gasteiger partial charge in [0.1, 0.15) is 0 Å². The normalized spacial score (nSPS) is 11.9. The molecule has 1 heterocycles. The number of aryl methyl sites for hydroxylation is 1. The second-order valence-electron chi connectivity index (χ2n) is 4.81. The summed E-state index contributed by atoms with van der Waals surface area (Å²) < 4.78 is 0. The van der Waals surface area contributed by atoms with Gasteiger partial charge in [-0.2, -0.15) is 11.3 Å². The van der Waals surface area contributed by atoms with Crippen LogP contribution in [0.15, 0.2) is 35.0 Å². The van der Waals surface area contributed by atoms with Crippen molar-refractivity contribution in [1.29, 1.82) is 0 Å². The zero-order chi connectivity index (χ0) is 14.5. The molecule has 1 aromatic carbocycles. The van der Waals surface area contributed by atoms with Gasteiger partial charge in [-0.15, -0.1) is 0 Å². The number of amides is 1. The molecule has 0 aliphatic rings. The van der Waals surface area contributed by atoms with Gasteiger partial charge in [-0.25, -0.2) is 0 Å². The zero-order valence-electron chi connectivity index (χ0n) is 12.1. The van der Waals surface area contributed by atoms with Gasteiger partial charge >= 0.3 is 0 Å². The third kappa shape index (κ3) is 3.39. The van der Waals surface area contributed by atoms with Crippen LogP contribution in [0.1, 0.15) is 41.4 Å². The summed E-state index contributed by atoms with van der Waals surface area (Å²) in [7, 11) is 0. The van der Waals surface area contributed by atoms with Crippen molar-refractivity contribution in [2.24, 2.45) is 0 Å². The summed E-state index contributed by atoms with van der Waals surface area (Å²) in [4.78, 5) is 12.2. The summed E-state index contributed by atoms with van der Waals surface area (Å²) in [6, 6.07) is 7.81. The van der Waals surface area contributed by atoms with Crippen molar-refractivity contribution in [3.63, 3.8) is 0 Å². The van der Waals surface area contributed by atoms with Gasteiger partial charge in [0, 0.05) is 17.8 Å². The Bertz CT molecular complexity index is 578. The minimum Gasteiger partial charge on any atom is -0.385 e. The summed E-state index contributed by atoms with van der Waals surface area (Å²) in [5.41, 5.74) is 4.01. The molecule has 1 amide bonds. The SMILES string of the molecule is CCNc1ccc(C(=O)NC(C)c2ccsc2)cc1C. The fourth-order valence-corrected chi connectivity index (χ4v) is 2.83. The van der Waals surface area contributed by atoms with Gasteiger partial charge in [0.05, 0.1) is 6.04 Å². The van der Waals surface area contributed by atoms with Crippen LogP contribution < -0.4 is 10.6 Å². The molecule has 106 valence electrons. The van der Waals surface area contributed by atoms with E-state index in [0.29, 0.717) is 5.56 Å². The lowest BCUT2D eigenvalue weighted by molar-refractivity contribution is 0.0940. The van der Waals surface area contributed by atoms with E-state index in [1.54, 1.807) is 11.3 Å². The highest BCUT2D eigenvalue weighted by molar-refractivity contribution is 7.07. The van der Waals surface area contributed by atoms with E-state index in [4.69, 9.17) is 0 Å². The molecule has 0 radical (unpaired) electrons. The van der Waals surface area contributed by atoms with Crippen molar-refractivity contribution < 1.29 is 4.79 Å². The van der Waals surface area contributed by atoms with Crippen LogP contribution in [0.3, 0.4) is 0 Å². The fraction of sp³-hybridized carbons (Fsp3) is 0.312. The highest BCUT2D eigenvalue weighted by Gasteiger charge is 2.12. The molecule has 1 atom stereocenters. The molecule has 0 bridgehead atoms. The summed E-state index contributed by atoms with van der Waals surface area (Å²) in [5.74, 6) is -0.0325. The first kappa shape index (κ1) is 14.6. The minimum absolute atomic E-state index is 0.0301. The number of nitrogens with one attached hydrogen (secondary N) is 2. The topological polar surface area (TPSA) is 41.1 Å². The molecule has 0 spiro atoms. The van der Waals surface area contributed by atoms with Gasteiger partial charge < -0.3 is 10.6 Å². The maximum atomic E-state index is 12.2. The lowest BCUT2D eigenvalue weighted by Gasteiger charge is -2.14. The molecular weight excluding hydrogens is 268 g/mol.